The molecule has 0 unspecified atom stereocenters. The lowest BCUT2D eigenvalue weighted by molar-refractivity contribution is -0.120. The Labute approximate surface area is 207 Å². The van der Waals surface area contributed by atoms with Gasteiger partial charge in [-0.1, -0.05) is 32.0 Å². The minimum absolute atomic E-state index is 0.0706. The molecule has 1 aliphatic heterocycles. The van der Waals surface area contributed by atoms with Gasteiger partial charge in [-0.05, 0) is 44.5 Å². The first-order chi connectivity index (χ1) is 16.9. The minimum atomic E-state index is -0.364. The van der Waals surface area contributed by atoms with E-state index in [2.05, 4.69) is 20.3 Å². The molecular formula is C26H35N7O2. The van der Waals surface area contributed by atoms with Crippen molar-refractivity contribution in [2.24, 2.45) is 0 Å². The zero-order chi connectivity index (χ0) is 25.5. The van der Waals surface area contributed by atoms with Crippen molar-refractivity contribution >= 4 is 29.3 Å². The molecule has 0 bridgehead atoms. The van der Waals surface area contributed by atoms with Gasteiger partial charge >= 0.3 is 0 Å². The third-order valence-electron chi connectivity index (χ3n) is 6.18. The van der Waals surface area contributed by atoms with Crippen molar-refractivity contribution in [3.8, 4) is 0 Å². The molecule has 0 saturated carbocycles. The molecule has 1 amide bonds. The summed E-state index contributed by atoms with van der Waals surface area (Å²) in [7, 11) is 3.72. The molecule has 1 saturated heterocycles. The van der Waals surface area contributed by atoms with E-state index in [-0.39, 0.29) is 17.5 Å². The summed E-state index contributed by atoms with van der Waals surface area (Å²) in [6.07, 6.45) is 3.20. The fraction of sp³-hybridized carbons (Fsp3) is 0.385. The van der Waals surface area contributed by atoms with E-state index in [1.807, 2.05) is 86.9 Å². The summed E-state index contributed by atoms with van der Waals surface area (Å²) in [5, 5.41) is 11.4. The number of imidazole rings is 1. The summed E-state index contributed by atoms with van der Waals surface area (Å²) in [6.45, 7) is 9.14. The summed E-state index contributed by atoms with van der Waals surface area (Å²) in [6, 6.07) is 13.6. The van der Waals surface area contributed by atoms with Gasteiger partial charge in [0.2, 0.25) is 0 Å². The zero-order valence-corrected chi connectivity index (χ0v) is 21.4. The molecule has 0 radical (unpaired) electrons. The van der Waals surface area contributed by atoms with E-state index in [1.54, 1.807) is 18.1 Å². The predicted octanol–water partition coefficient (Wildman–Crippen LogP) is 3.21. The normalized spacial score (nSPS) is 15.7. The molecule has 1 aliphatic rings. The highest BCUT2D eigenvalue weighted by molar-refractivity contribution is 6.11. The van der Waals surface area contributed by atoms with Gasteiger partial charge in [-0.25, -0.2) is 9.50 Å². The van der Waals surface area contributed by atoms with Gasteiger partial charge in [0, 0.05) is 38.9 Å². The van der Waals surface area contributed by atoms with Crippen molar-refractivity contribution in [2.45, 2.75) is 40.2 Å². The lowest BCUT2D eigenvalue weighted by Gasteiger charge is -2.33. The third-order valence-corrected chi connectivity index (χ3v) is 6.18. The van der Waals surface area contributed by atoms with Crippen molar-refractivity contribution in [2.75, 3.05) is 37.1 Å². The van der Waals surface area contributed by atoms with Crippen LogP contribution in [0.4, 0.5) is 11.5 Å². The fourth-order valence-electron chi connectivity index (χ4n) is 4.02. The lowest BCUT2D eigenvalue weighted by Crippen LogP contribution is -2.41. The number of benzene rings is 1. The predicted molar refractivity (Wildman–Crippen MR) is 139 cm³/mol. The van der Waals surface area contributed by atoms with Crippen LogP contribution in [0.1, 0.15) is 32.9 Å². The number of hydrogen-bond acceptors (Lipinski definition) is 7. The number of para-hydroxylation sites is 1. The second-order valence-electron chi connectivity index (χ2n) is 8.27. The van der Waals surface area contributed by atoms with E-state index in [4.69, 9.17) is 0 Å². The Bertz CT molecular complexity index is 1190. The molecular weight excluding hydrogens is 442 g/mol. The van der Waals surface area contributed by atoms with Crippen molar-refractivity contribution in [1.29, 1.82) is 0 Å². The summed E-state index contributed by atoms with van der Waals surface area (Å²) in [4.78, 5) is 31.3. The number of hydrogen-bond donors (Lipinski definition) is 1. The highest BCUT2D eigenvalue weighted by atomic mass is 16.2. The smallest absolute Gasteiger partial charge is 0.256 e. The molecule has 3 heterocycles. The number of carbonyl (C=O) groups excluding carboxylic acids is 2. The van der Waals surface area contributed by atoms with E-state index in [0.717, 1.165) is 35.8 Å². The van der Waals surface area contributed by atoms with E-state index < -0.39 is 0 Å². The van der Waals surface area contributed by atoms with E-state index >= 15 is 0 Å². The number of rotatable bonds is 7. The molecule has 0 aliphatic carbocycles. The standard InChI is InChI=1S/C24H29N7O2.C2H6/c1-17-14-25-22-10-11-23(27-31(17)22)30-13-12-19(15-30)26-24(33)21(16-32)18(2)28(3)29(4)20-8-6-5-7-9-20;1-2/h5-11,14,16,19H,12-13,15H2,1-4H3,(H,26,33);1-2H3/b21-18+;/t19-;/m0./s1. The van der Waals surface area contributed by atoms with Gasteiger partial charge in [0.1, 0.15) is 5.82 Å². The summed E-state index contributed by atoms with van der Waals surface area (Å²) in [5.74, 6) is 0.475. The maximum atomic E-state index is 13.0. The molecule has 186 valence electrons. The summed E-state index contributed by atoms with van der Waals surface area (Å²) < 4.78 is 1.82. The van der Waals surface area contributed by atoms with Gasteiger partial charge in [0.15, 0.2) is 11.9 Å². The Balaban J connectivity index is 0.00000167. The molecule has 35 heavy (non-hydrogen) atoms. The second kappa shape index (κ2) is 11.5. The monoisotopic (exact) mass is 477 g/mol. The van der Waals surface area contributed by atoms with Crippen molar-refractivity contribution in [3.63, 3.8) is 0 Å². The van der Waals surface area contributed by atoms with Crippen LogP contribution < -0.4 is 15.2 Å². The van der Waals surface area contributed by atoms with Crippen LogP contribution in [-0.2, 0) is 9.59 Å². The van der Waals surface area contributed by atoms with Crippen LogP contribution in [0, 0.1) is 6.92 Å². The molecule has 9 nitrogen and oxygen atoms in total. The number of aryl methyl sites for hydroxylation is 1. The van der Waals surface area contributed by atoms with Crippen LogP contribution >= 0.6 is 0 Å². The summed E-state index contributed by atoms with van der Waals surface area (Å²) in [5.41, 5.74) is 3.42. The van der Waals surface area contributed by atoms with Gasteiger partial charge in [0.25, 0.3) is 5.91 Å². The van der Waals surface area contributed by atoms with Crippen molar-refractivity contribution in [3.05, 3.63) is 65.6 Å². The van der Waals surface area contributed by atoms with E-state index in [0.29, 0.717) is 18.5 Å². The number of anilines is 2. The van der Waals surface area contributed by atoms with Crippen molar-refractivity contribution < 1.29 is 9.59 Å². The van der Waals surface area contributed by atoms with E-state index in [9.17, 15) is 9.59 Å². The Kier molecular flexibility index (Phi) is 8.46. The van der Waals surface area contributed by atoms with Gasteiger partial charge in [0.05, 0.1) is 23.2 Å². The van der Waals surface area contributed by atoms with Gasteiger partial charge < -0.3 is 10.2 Å². The van der Waals surface area contributed by atoms with Crippen molar-refractivity contribution in [1.82, 2.24) is 24.9 Å². The molecule has 2 aromatic heterocycles. The Morgan fingerprint density at radius 3 is 2.54 bits per heavy atom. The largest absolute Gasteiger partial charge is 0.353 e. The van der Waals surface area contributed by atoms with Crippen LogP contribution in [0.25, 0.3) is 5.65 Å². The highest BCUT2D eigenvalue weighted by Crippen LogP contribution is 2.21. The molecule has 1 fully saturated rings. The number of nitrogens with zero attached hydrogens (tertiary/aromatic N) is 6. The Morgan fingerprint density at radius 1 is 1.14 bits per heavy atom. The third kappa shape index (κ3) is 5.62. The number of nitrogens with one attached hydrogen (secondary N) is 1. The first kappa shape index (κ1) is 25.7. The number of aromatic nitrogens is 3. The maximum absolute atomic E-state index is 13.0. The number of aldehydes is 1. The molecule has 4 rings (SSSR count). The zero-order valence-electron chi connectivity index (χ0n) is 21.4. The number of amides is 1. The molecule has 1 aromatic carbocycles. The number of allylic oxidation sites excluding steroid dienone is 1. The quantitative estimate of drug-likeness (QED) is 0.184. The SMILES string of the molecule is C/C(=C(/C=O)C(=O)N[C@H]1CCN(c2ccc3ncc(C)n3n2)C1)N(C)N(C)c1ccccc1.CC. The van der Waals surface area contributed by atoms with Crippen LogP contribution in [0.15, 0.2) is 59.9 Å². The average molecular weight is 478 g/mol. The van der Waals surface area contributed by atoms with Crippen LogP contribution in [0.2, 0.25) is 0 Å². The Hall–Kier alpha value is -3.88. The molecule has 0 spiro atoms. The lowest BCUT2D eigenvalue weighted by atomic mass is 10.2. The summed E-state index contributed by atoms with van der Waals surface area (Å²) >= 11 is 0. The van der Waals surface area contributed by atoms with Crippen LogP contribution in [-0.4, -0.2) is 65.0 Å². The fourth-order valence-corrected chi connectivity index (χ4v) is 4.02. The Morgan fingerprint density at radius 2 is 1.86 bits per heavy atom. The molecule has 3 aromatic rings. The van der Waals surface area contributed by atoms with Gasteiger partial charge in [-0.2, -0.15) is 0 Å². The number of fused-ring (bicyclic) bond motifs is 1. The minimum Gasteiger partial charge on any atom is -0.353 e. The molecule has 1 N–H and O–H groups in total. The van der Waals surface area contributed by atoms with Gasteiger partial charge in [-0.15, -0.1) is 5.10 Å². The number of hydrazine groups is 1. The second-order valence-corrected chi connectivity index (χ2v) is 8.27. The van der Waals surface area contributed by atoms with Crippen LogP contribution in [0.5, 0.6) is 0 Å². The van der Waals surface area contributed by atoms with Crippen LogP contribution in [0.3, 0.4) is 0 Å². The first-order valence-corrected chi connectivity index (χ1v) is 11.9. The van der Waals surface area contributed by atoms with E-state index in [1.165, 1.54) is 0 Å². The molecule has 9 heteroatoms. The number of carbonyl (C=O) groups is 2. The first-order valence-electron chi connectivity index (χ1n) is 11.9. The highest BCUT2D eigenvalue weighted by Gasteiger charge is 2.27. The van der Waals surface area contributed by atoms with Gasteiger partial charge in [-0.3, -0.25) is 19.6 Å². The molecule has 1 atom stereocenters. The topological polar surface area (TPSA) is 86.1 Å². The maximum Gasteiger partial charge on any atom is 0.256 e. The average Bonchev–Trinajstić information content (AvgIpc) is 3.51.